The highest BCUT2D eigenvalue weighted by Crippen LogP contribution is 2.26. The number of halogens is 1. The molecule has 1 unspecified atom stereocenters. The molecule has 0 aromatic carbocycles. The molecule has 5 nitrogen and oxygen atoms in total. The fraction of sp³-hybridized carbons (Fsp3) is 0.867. The second-order valence-corrected chi connectivity index (χ2v) is 6.03. The smallest absolute Gasteiger partial charge is 0.225 e. The van der Waals surface area contributed by atoms with Gasteiger partial charge in [-0.1, -0.05) is 19.3 Å². The number of likely N-dealkylation sites (tertiary alicyclic amines) is 1. The lowest BCUT2D eigenvalue weighted by atomic mass is 9.88. The summed E-state index contributed by atoms with van der Waals surface area (Å²) in [4.78, 5) is 26.0. The van der Waals surface area contributed by atoms with Crippen LogP contribution in [-0.2, 0) is 9.59 Å². The minimum atomic E-state index is 0. The Hall–Kier alpha value is -0.810. The first kappa shape index (κ1) is 18.2. The second-order valence-electron chi connectivity index (χ2n) is 6.03. The van der Waals surface area contributed by atoms with Crippen LogP contribution in [0.5, 0.6) is 0 Å². The van der Waals surface area contributed by atoms with E-state index in [0.717, 1.165) is 25.8 Å². The predicted molar refractivity (Wildman–Crippen MR) is 85.5 cm³/mol. The molecule has 21 heavy (non-hydrogen) atoms. The first-order valence-electron chi connectivity index (χ1n) is 7.93. The molecule has 0 aromatic heterocycles. The molecule has 0 radical (unpaired) electrons. The summed E-state index contributed by atoms with van der Waals surface area (Å²) in [7, 11) is 1.84. The second kappa shape index (κ2) is 9.26. The van der Waals surface area contributed by atoms with Gasteiger partial charge in [-0.2, -0.15) is 0 Å². The fourth-order valence-corrected chi connectivity index (χ4v) is 3.22. The Morgan fingerprint density at radius 3 is 2.52 bits per heavy atom. The number of hydrogen-bond acceptors (Lipinski definition) is 3. The molecular formula is C15H28ClN3O2. The van der Waals surface area contributed by atoms with Gasteiger partial charge in [0.25, 0.3) is 0 Å². The van der Waals surface area contributed by atoms with Gasteiger partial charge in [-0.3, -0.25) is 9.59 Å². The molecular weight excluding hydrogens is 290 g/mol. The van der Waals surface area contributed by atoms with Gasteiger partial charge in [-0.25, -0.2) is 0 Å². The summed E-state index contributed by atoms with van der Waals surface area (Å²) in [5.74, 6) is 0.635. The number of nitrogens with one attached hydrogen (secondary N) is 2. The minimum absolute atomic E-state index is 0. The van der Waals surface area contributed by atoms with Gasteiger partial charge in [0.15, 0.2) is 0 Å². The van der Waals surface area contributed by atoms with Crippen molar-refractivity contribution in [3.63, 3.8) is 0 Å². The van der Waals surface area contributed by atoms with Gasteiger partial charge in [0.1, 0.15) is 0 Å². The Morgan fingerprint density at radius 1 is 1.14 bits per heavy atom. The molecule has 1 heterocycles. The van der Waals surface area contributed by atoms with E-state index in [1.807, 2.05) is 11.9 Å². The van der Waals surface area contributed by atoms with Gasteiger partial charge in [0, 0.05) is 38.0 Å². The molecule has 0 aromatic rings. The number of nitrogens with zero attached hydrogens (tertiary/aromatic N) is 1. The zero-order valence-electron chi connectivity index (χ0n) is 12.9. The van der Waals surface area contributed by atoms with Crippen molar-refractivity contribution >= 4 is 24.2 Å². The lowest BCUT2D eigenvalue weighted by Gasteiger charge is -2.26. The molecule has 1 aliphatic heterocycles. The summed E-state index contributed by atoms with van der Waals surface area (Å²) in [5.41, 5.74) is 0. The van der Waals surface area contributed by atoms with Crippen LogP contribution in [0.2, 0.25) is 0 Å². The number of carbonyl (C=O) groups is 2. The van der Waals surface area contributed by atoms with E-state index < -0.39 is 0 Å². The lowest BCUT2D eigenvalue weighted by molar-refractivity contribution is -0.135. The summed E-state index contributed by atoms with van der Waals surface area (Å²) in [5, 5.41) is 6.00. The van der Waals surface area contributed by atoms with Crippen molar-refractivity contribution in [1.29, 1.82) is 0 Å². The van der Waals surface area contributed by atoms with Crippen molar-refractivity contribution < 1.29 is 9.59 Å². The fourth-order valence-electron chi connectivity index (χ4n) is 3.22. The molecule has 1 saturated heterocycles. The average Bonchev–Trinajstić information content (AvgIpc) is 2.93. The maximum atomic E-state index is 12.4. The number of rotatable bonds is 5. The Labute approximate surface area is 133 Å². The Kier molecular flexibility index (Phi) is 8.04. The first-order valence-corrected chi connectivity index (χ1v) is 7.93. The van der Waals surface area contributed by atoms with Crippen LogP contribution in [-0.4, -0.2) is 49.4 Å². The predicted octanol–water partition coefficient (Wildman–Crippen LogP) is 1.32. The van der Waals surface area contributed by atoms with Crippen molar-refractivity contribution in [1.82, 2.24) is 15.5 Å². The zero-order chi connectivity index (χ0) is 14.4. The molecule has 122 valence electrons. The van der Waals surface area contributed by atoms with Crippen molar-refractivity contribution in [2.24, 2.45) is 5.92 Å². The molecule has 0 spiro atoms. The van der Waals surface area contributed by atoms with Crippen LogP contribution in [0, 0.1) is 5.92 Å². The Bertz CT molecular complexity index is 346. The Balaban J connectivity index is 0.00000220. The monoisotopic (exact) mass is 317 g/mol. The molecule has 1 atom stereocenters. The van der Waals surface area contributed by atoms with E-state index in [1.54, 1.807) is 0 Å². The van der Waals surface area contributed by atoms with E-state index in [9.17, 15) is 9.59 Å². The van der Waals surface area contributed by atoms with Gasteiger partial charge in [-0.05, 0) is 26.3 Å². The third kappa shape index (κ3) is 5.47. The summed E-state index contributed by atoms with van der Waals surface area (Å²) in [6.45, 7) is 2.19. The van der Waals surface area contributed by atoms with Gasteiger partial charge in [-0.15, -0.1) is 12.4 Å². The molecule has 2 rings (SSSR count). The summed E-state index contributed by atoms with van der Waals surface area (Å²) in [6, 6.07) is 0.145. The van der Waals surface area contributed by atoms with Crippen LogP contribution < -0.4 is 10.6 Å². The topological polar surface area (TPSA) is 61.4 Å². The van der Waals surface area contributed by atoms with Crippen LogP contribution in [0.4, 0.5) is 0 Å². The van der Waals surface area contributed by atoms with Gasteiger partial charge >= 0.3 is 0 Å². The van der Waals surface area contributed by atoms with Crippen LogP contribution in [0.15, 0.2) is 0 Å². The van der Waals surface area contributed by atoms with Crippen LogP contribution in [0.1, 0.15) is 44.9 Å². The van der Waals surface area contributed by atoms with Gasteiger partial charge in [0.05, 0.1) is 0 Å². The van der Waals surface area contributed by atoms with E-state index in [0.29, 0.717) is 25.4 Å². The third-order valence-corrected chi connectivity index (χ3v) is 4.42. The van der Waals surface area contributed by atoms with Crippen LogP contribution in [0.25, 0.3) is 0 Å². The summed E-state index contributed by atoms with van der Waals surface area (Å²) >= 11 is 0. The standard InChI is InChI=1S/C15H27N3O2.ClH/c1-16-9-7-14(19)17-13-8-10-18(11-13)15(20)12-5-3-2-4-6-12;/h12-13,16H,2-11H2,1H3,(H,17,19);1H. The molecule has 1 aliphatic carbocycles. The summed E-state index contributed by atoms with van der Waals surface area (Å²) < 4.78 is 0. The van der Waals surface area contributed by atoms with Crippen molar-refractivity contribution in [2.45, 2.75) is 51.0 Å². The minimum Gasteiger partial charge on any atom is -0.351 e. The lowest BCUT2D eigenvalue weighted by Crippen LogP contribution is -2.41. The van der Waals surface area contributed by atoms with E-state index in [-0.39, 0.29) is 30.3 Å². The highest BCUT2D eigenvalue weighted by Gasteiger charge is 2.31. The molecule has 2 amide bonds. The summed E-state index contributed by atoms with van der Waals surface area (Å²) in [6.07, 6.45) is 7.15. The zero-order valence-corrected chi connectivity index (χ0v) is 13.7. The highest BCUT2D eigenvalue weighted by molar-refractivity contribution is 5.85. The largest absolute Gasteiger partial charge is 0.351 e. The van der Waals surface area contributed by atoms with E-state index in [1.165, 1.54) is 19.3 Å². The first-order chi connectivity index (χ1) is 9.70. The maximum absolute atomic E-state index is 12.4. The number of hydrogen-bond donors (Lipinski definition) is 2. The van der Waals surface area contributed by atoms with Crippen molar-refractivity contribution in [3.8, 4) is 0 Å². The third-order valence-electron chi connectivity index (χ3n) is 4.42. The number of amides is 2. The molecule has 0 bridgehead atoms. The maximum Gasteiger partial charge on any atom is 0.225 e. The highest BCUT2D eigenvalue weighted by atomic mass is 35.5. The SMILES string of the molecule is CNCCC(=O)NC1CCN(C(=O)C2CCCCC2)C1.Cl. The average molecular weight is 318 g/mol. The van der Waals surface area contributed by atoms with Crippen molar-refractivity contribution in [2.75, 3.05) is 26.7 Å². The van der Waals surface area contributed by atoms with E-state index >= 15 is 0 Å². The van der Waals surface area contributed by atoms with Crippen LogP contribution in [0.3, 0.4) is 0 Å². The van der Waals surface area contributed by atoms with Crippen LogP contribution >= 0.6 is 12.4 Å². The normalized spacial score (nSPS) is 22.7. The molecule has 2 aliphatic rings. The van der Waals surface area contributed by atoms with Gasteiger partial charge < -0.3 is 15.5 Å². The molecule has 2 N–H and O–H groups in total. The number of carbonyl (C=O) groups excluding carboxylic acids is 2. The van der Waals surface area contributed by atoms with Crippen molar-refractivity contribution in [3.05, 3.63) is 0 Å². The van der Waals surface area contributed by atoms with Gasteiger partial charge in [0.2, 0.25) is 11.8 Å². The van der Waals surface area contributed by atoms with E-state index in [2.05, 4.69) is 10.6 Å². The quantitative estimate of drug-likeness (QED) is 0.804. The Morgan fingerprint density at radius 2 is 1.86 bits per heavy atom. The molecule has 6 heteroatoms. The molecule has 2 fully saturated rings. The molecule has 1 saturated carbocycles. The van der Waals surface area contributed by atoms with E-state index in [4.69, 9.17) is 0 Å².